The van der Waals surface area contributed by atoms with Crippen LogP contribution in [0.1, 0.15) is 81.0 Å². The van der Waals surface area contributed by atoms with Gasteiger partial charge in [-0.1, -0.05) is 31.0 Å². The summed E-state index contributed by atoms with van der Waals surface area (Å²) >= 11 is 0. The molecule has 0 heterocycles. The molecule has 2 amide bonds. The molecule has 2 aromatic carbocycles. The van der Waals surface area contributed by atoms with Gasteiger partial charge in [-0.25, -0.2) is 0 Å². The molecule has 0 radical (unpaired) electrons. The quantitative estimate of drug-likeness (QED) is 0.367. The van der Waals surface area contributed by atoms with Crippen LogP contribution in [0.5, 0.6) is 0 Å². The molecular formula is C30H37N5O4. The molecule has 0 bridgehead atoms. The van der Waals surface area contributed by atoms with E-state index in [9.17, 15) is 14.4 Å². The number of nitrogens with one attached hydrogen (secondary N) is 2. The summed E-state index contributed by atoms with van der Waals surface area (Å²) in [6.45, 7) is 2.05. The Morgan fingerprint density at radius 1 is 1.10 bits per heavy atom. The lowest BCUT2D eigenvalue weighted by molar-refractivity contribution is -0.147. The van der Waals surface area contributed by atoms with Crippen molar-refractivity contribution in [2.75, 3.05) is 24.3 Å². The number of amides is 2. The Morgan fingerprint density at radius 2 is 1.79 bits per heavy atom. The van der Waals surface area contributed by atoms with Crippen molar-refractivity contribution in [1.82, 2.24) is 4.90 Å². The molecule has 2 aliphatic carbocycles. The van der Waals surface area contributed by atoms with E-state index in [2.05, 4.69) is 16.7 Å². The van der Waals surface area contributed by atoms with E-state index in [4.69, 9.17) is 15.7 Å². The monoisotopic (exact) mass is 531 g/mol. The summed E-state index contributed by atoms with van der Waals surface area (Å²) in [5.41, 5.74) is 9.17. The SMILES string of the molecule is CCOC(=O)CCC(=O)N(C1CCCC1)C1(c2ccc(NC)c(NC(=O)C(N)c3ccc(C#N)cc3)c2)CC1. The van der Waals surface area contributed by atoms with Gasteiger partial charge in [-0.2, -0.15) is 5.26 Å². The highest BCUT2D eigenvalue weighted by Crippen LogP contribution is 2.54. The molecule has 1 unspecified atom stereocenters. The summed E-state index contributed by atoms with van der Waals surface area (Å²) in [5.74, 6) is -0.765. The van der Waals surface area contributed by atoms with Crippen molar-refractivity contribution in [2.24, 2.45) is 5.73 Å². The molecule has 0 aliphatic heterocycles. The van der Waals surface area contributed by atoms with E-state index in [1.807, 2.05) is 23.1 Å². The third-order valence-corrected chi connectivity index (χ3v) is 7.76. The van der Waals surface area contributed by atoms with Gasteiger partial charge in [0.15, 0.2) is 0 Å². The third kappa shape index (κ3) is 6.23. The number of ether oxygens (including phenoxy) is 1. The number of hydrogen-bond donors (Lipinski definition) is 3. The predicted molar refractivity (Wildman–Crippen MR) is 149 cm³/mol. The van der Waals surface area contributed by atoms with Crippen LogP contribution in [0.25, 0.3) is 0 Å². The van der Waals surface area contributed by atoms with E-state index in [0.29, 0.717) is 23.4 Å². The second-order valence-electron chi connectivity index (χ2n) is 10.2. The highest BCUT2D eigenvalue weighted by Gasteiger charge is 2.54. The highest BCUT2D eigenvalue weighted by molar-refractivity contribution is 5.98. The molecule has 2 fully saturated rings. The van der Waals surface area contributed by atoms with Crippen molar-refractivity contribution < 1.29 is 19.1 Å². The van der Waals surface area contributed by atoms with Crippen LogP contribution in [0.3, 0.4) is 0 Å². The van der Waals surface area contributed by atoms with E-state index >= 15 is 0 Å². The first-order valence-electron chi connectivity index (χ1n) is 13.7. The van der Waals surface area contributed by atoms with E-state index in [-0.39, 0.29) is 36.7 Å². The topological polar surface area (TPSA) is 138 Å². The first-order valence-corrected chi connectivity index (χ1v) is 13.7. The Bertz CT molecular complexity index is 1240. The minimum atomic E-state index is -0.916. The number of nitrogens with two attached hydrogens (primary N) is 1. The van der Waals surface area contributed by atoms with Crippen LogP contribution in [0.4, 0.5) is 11.4 Å². The highest BCUT2D eigenvalue weighted by atomic mass is 16.5. The van der Waals surface area contributed by atoms with Gasteiger partial charge < -0.3 is 26.0 Å². The number of hydrogen-bond acceptors (Lipinski definition) is 7. The maximum Gasteiger partial charge on any atom is 0.306 e. The van der Waals surface area contributed by atoms with Gasteiger partial charge in [-0.3, -0.25) is 14.4 Å². The van der Waals surface area contributed by atoms with E-state index in [1.165, 1.54) is 0 Å². The summed E-state index contributed by atoms with van der Waals surface area (Å²) in [6, 6.07) is 13.8. The molecule has 0 saturated heterocycles. The molecule has 0 aromatic heterocycles. The minimum absolute atomic E-state index is 0.0291. The first kappa shape index (κ1) is 28.1. The van der Waals surface area contributed by atoms with Crippen molar-refractivity contribution >= 4 is 29.2 Å². The van der Waals surface area contributed by atoms with Gasteiger partial charge in [0.25, 0.3) is 0 Å². The molecule has 0 spiro atoms. The van der Waals surface area contributed by atoms with Crippen LogP contribution in [0, 0.1) is 11.3 Å². The van der Waals surface area contributed by atoms with Gasteiger partial charge in [0.1, 0.15) is 6.04 Å². The normalized spacial score (nSPS) is 16.6. The molecule has 4 N–H and O–H groups in total. The number of carbonyl (C=O) groups is 3. The number of carbonyl (C=O) groups excluding carboxylic acids is 3. The summed E-state index contributed by atoms with van der Waals surface area (Å²) in [4.78, 5) is 40.7. The molecular weight excluding hydrogens is 494 g/mol. The first-order chi connectivity index (χ1) is 18.8. The fourth-order valence-electron chi connectivity index (χ4n) is 5.59. The molecule has 2 saturated carbocycles. The Labute approximate surface area is 229 Å². The van der Waals surface area contributed by atoms with Crippen molar-refractivity contribution in [3.63, 3.8) is 0 Å². The molecule has 39 heavy (non-hydrogen) atoms. The predicted octanol–water partition coefficient (Wildman–Crippen LogP) is 4.34. The van der Waals surface area contributed by atoms with E-state index in [0.717, 1.165) is 49.8 Å². The standard InChI is InChI=1S/C30H37N5O4/c1-3-39-27(37)15-14-26(36)35(23-6-4-5-7-23)30(16-17-30)22-12-13-24(33-2)25(18-22)34-29(38)28(32)21-10-8-20(19-31)9-11-21/h8-13,18,23,28,33H,3-7,14-17,32H2,1-2H3,(H,34,38). The average molecular weight is 532 g/mol. The van der Waals surface area contributed by atoms with Gasteiger partial charge in [-0.05, 0) is 68.0 Å². The summed E-state index contributed by atoms with van der Waals surface area (Å²) in [6.07, 6.45) is 5.89. The molecule has 1 atom stereocenters. The van der Waals surface area contributed by atoms with E-state index < -0.39 is 11.6 Å². The zero-order valence-corrected chi connectivity index (χ0v) is 22.7. The van der Waals surface area contributed by atoms with Crippen LogP contribution in [-0.4, -0.2) is 42.4 Å². The molecule has 4 rings (SSSR count). The van der Waals surface area contributed by atoms with Crippen molar-refractivity contribution in [3.8, 4) is 6.07 Å². The fraction of sp³-hybridized carbons (Fsp3) is 0.467. The maximum atomic E-state index is 13.6. The van der Waals surface area contributed by atoms with Crippen molar-refractivity contribution in [2.45, 2.75) is 75.9 Å². The fourth-order valence-corrected chi connectivity index (χ4v) is 5.59. The summed E-state index contributed by atoms with van der Waals surface area (Å²) < 4.78 is 5.04. The smallest absolute Gasteiger partial charge is 0.306 e. The Morgan fingerprint density at radius 3 is 2.38 bits per heavy atom. The number of rotatable bonds is 11. The van der Waals surface area contributed by atoms with Crippen LogP contribution >= 0.6 is 0 Å². The zero-order valence-electron chi connectivity index (χ0n) is 22.7. The molecule has 9 nitrogen and oxygen atoms in total. The number of esters is 1. The van der Waals surface area contributed by atoms with Gasteiger partial charge in [0.2, 0.25) is 11.8 Å². The van der Waals surface area contributed by atoms with Gasteiger partial charge in [0, 0.05) is 19.5 Å². The lowest BCUT2D eigenvalue weighted by Gasteiger charge is -2.38. The van der Waals surface area contributed by atoms with Crippen LogP contribution in [0.2, 0.25) is 0 Å². The van der Waals surface area contributed by atoms with Crippen LogP contribution in [-0.2, 0) is 24.7 Å². The molecule has 206 valence electrons. The maximum absolute atomic E-state index is 13.6. The minimum Gasteiger partial charge on any atom is -0.466 e. The summed E-state index contributed by atoms with van der Waals surface area (Å²) in [5, 5.41) is 15.1. The lowest BCUT2D eigenvalue weighted by atomic mass is 9.97. The number of nitrogens with zero attached hydrogens (tertiary/aromatic N) is 2. The van der Waals surface area contributed by atoms with Crippen LogP contribution in [0.15, 0.2) is 42.5 Å². The Hall–Kier alpha value is -3.90. The number of anilines is 2. The van der Waals surface area contributed by atoms with Crippen molar-refractivity contribution in [3.05, 3.63) is 59.2 Å². The van der Waals surface area contributed by atoms with Crippen LogP contribution < -0.4 is 16.4 Å². The second-order valence-corrected chi connectivity index (χ2v) is 10.2. The lowest BCUT2D eigenvalue weighted by Crippen LogP contribution is -2.46. The van der Waals surface area contributed by atoms with E-state index in [1.54, 1.807) is 38.2 Å². The Kier molecular flexibility index (Phi) is 8.87. The largest absolute Gasteiger partial charge is 0.466 e. The zero-order chi connectivity index (χ0) is 28.0. The molecule has 2 aromatic rings. The number of benzene rings is 2. The third-order valence-electron chi connectivity index (χ3n) is 7.76. The molecule has 9 heteroatoms. The second kappa shape index (κ2) is 12.3. The van der Waals surface area contributed by atoms with Gasteiger partial charge >= 0.3 is 5.97 Å². The summed E-state index contributed by atoms with van der Waals surface area (Å²) in [7, 11) is 1.78. The molecule has 2 aliphatic rings. The Balaban J connectivity index is 1.58. The van der Waals surface area contributed by atoms with Gasteiger partial charge in [-0.15, -0.1) is 0 Å². The number of nitriles is 1. The average Bonchev–Trinajstić information content (AvgIpc) is 3.56. The van der Waals surface area contributed by atoms with Crippen molar-refractivity contribution in [1.29, 1.82) is 5.26 Å². The van der Waals surface area contributed by atoms with Gasteiger partial charge in [0.05, 0.1) is 41.6 Å².